The molecule has 0 radical (unpaired) electrons. The lowest BCUT2D eigenvalue weighted by molar-refractivity contribution is -0.148. The van der Waals surface area contributed by atoms with Crippen molar-refractivity contribution >= 4 is 33.7 Å². The number of aryl methyl sites for hydroxylation is 1. The van der Waals surface area contributed by atoms with Crippen LogP contribution in [0.1, 0.15) is 328 Å². The number of hydrogen-bond donors (Lipinski definition) is 0. The molecular weight excluding hydrogens is 1850 g/mol. The minimum absolute atomic E-state index is 0.0251. The van der Waals surface area contributed by atoms with Gasteiger partial charge in [-0.05, 0) is 307 Å². The first kappa shape index (κ1) is 122. The molecule has 1 aliphatic carbocycles. The van der Waals surface area contributed by atoms with E-state index in [-0.39, 0.29) is 61.0 Å². The lowest BCUT2D eigenvalue weighted by Gasteiger charge is -2.32. The maximum atomic E-state index is 13.4. The molecule has 2 amide bonds. The van der Waals surface area contributed by atoms with Crippen molar-refractivity contribution in [2.75, 3.05) is 131 Å². The Morgan fingerprint density at radius 2 is 0.918 bits per heavy atom. The van der Waals surface area contributed by atoms with Gasteiger partial charge in [-0.2, -0.15) is 13.2 Å². The lowest BCUT2D eigenvalue weighted by Crippen LogP contribution is -2.40. The number of carbonyl (C=O) groups is 2. The largest absolute Gasteiger partial charge is 0.401 e. The first-order chi connectivity index (χ1) is 67.9. The number of rotatable bonds is 19. The average molecular weight is 2040 g/mol. The van der Waals surface area contributed by atoms with Crippen molar-refractivity contribution in [2.24, 2.45) is 40.9 Å². The van der Waals surface area contributed by atoms with E-state index in [0.29, 0.717) is 56.4 Å². The number of halogens is 4. The quantitative estimate of drug-likeness (QED) is 0.0693. The molecule has 0 bridgehead atoms. The van der Waals surface area contributed by atoms with Gasteiger partial charge in [0.15, 0.2) is 0 Å². The normalized spacial score (nSPS) is 17.4. The number of fused-ring (bicyclic) bond motifs is 1. The van der Waals surface area contributed by atoms with Crippen molar-refractivity contribution in [2.45, 2.75) is 333 Å². The van der Waals surface area contributed by atoms with E-state index in [1.807, 2.05) is 80.7 Å². The second-order valence-electron chi connectivity index (χ2n) is 50.6. The summed E-state index contributed by atoms with van der Waals surface area (Å²) < 4.78 is 85.8. The molecule has 0 saturated carbocycles. The van der Waals surface area contributed by atoms with Crippen LogP contribution in [0.3, 0.4) is 0 Å². The molecule has 6 aliphatic heterocycles. The number of alkyl halides is 3. The number of benzene rings is 2. The molecule has 146 heavy (non-hydrogen) atoms. The number of amides is 2. The summed E-state index contributed by atoms with van der Waals surface area (Å²) in [4.78, 5) is 62.9. The Labute approximate surface area is 879 Å². The molecule has 12 heterocycles. The molecule has 1 atom stereocenters. The smallest absolute Gasteiger partial charge is 0.381 e. The topological polar surface area (TPSA) is 196 Å². The Morgan fingerprint density at radius 1 is 0.452 bits per heavy atom. The maximum Gasteiger partial charge on any atom is 0.401 e. The van der Waals surface area contributed by atoms with E-state index >= 15 is 0 Å². The summed E-state index contributed by atoms with van der Waals surface area (Å²) in [5, 5.41) is 0. The number of likely N-dealkylation sites (N-methyl/N-ethyl adjacent to an activating group) is 2. The Kier molecular flexibility index (Phi) is 45.9. The van der Waals surface area contributed by atoms with Crippen LogP contribution in [0.4, 0.5) is 23.4 Å². The van der Waals surface area contributed by atoms with Crippen molar-refractivity contribution in [1.82, 2.24) is 58.8 Å². The van der Waals surface area contributed by atoms with Crippen molar-refractivity contribution in [1.29, 1.82) is 0 Å². The number of likely N-dealkylation sites (tertiary alicyclic amines) is 3. The van der Waals surface area contributed by atoms with Crippen LogP contribution >= 0.6 is 0 Å². The van der Waals surface area contributed by atoms with E-state index in [0.717, 1.165) is 163 Å². The molecule has 0 N–H and O–H groups in total. The van der Waals surface area contributed by atoms with Gasteiger partial charge >= 0.3 is 6.18 Å². The zero-order valence-electron chi connectivity index (χ0n) is 95.2. The summed E-state index contributed by atoms with van der Waals surface area (Å²) in [7, 11) is 3.00. The number of pyridine rings is 5. The van der Waals surface area contributed by atoms with Crippen LogP contribution in [0.2, 0.25) is 0 Å². The number of aromatic nitrogens is 7. The summed E-state index contributed by atoms with van der Waals surface area (Å²) in [6, 6.07) is 31.7. The standard InChI is InChI=1S/C17H25F3N2.C17H28N2.C17H25NO.C15H25N3O2S.C15H25N3O.C15H23NO.C13H15F.C13H19NO/c1-16(2,3)15-9-14(10-21-11-15)8-13-4-6-22(7-5-13)12-17(18,19)20;1-17(2,3)15-7-10-18-16(13-15)6-5-14-8-11-19(4)12-9-14;1-13(19)18-9-8-15(12-18)10-14-6-5-7-16(11-14)17(2,3)4;1-15(2,3)14-10-13(16-11-17-14)9-12-5-7-18(8-6-12)21(4,19)20;1-12(19)17(5)9-10-18(6)14-11-13(7-8-16-14)15(2,3)4;1-15(2,3)14-9-13(10-16-11-14)8-12-4-6-17-7-5-12;1-13(2,3)10-7-9-5-4-6-12(14)11(9)8-10;1-13(2,3)12-5-10(6-14-7-12)4-11-8-15-9-11/h9-11,13H,4-8,12H2,1-3H3;7,10,13-14H,5-6,8-9,11-12H2,1-4H3;5-7,11,15H,8-10,12H2,1-4H3;10-12H,5-9H2,1-4H3;7-8,11H,9-10H2,1-6H3;9-12H,4-8H2,1-3H3;4-6,8H,7H2,1-3H3;5-7,11H,4,8-9H2,1-3H3/t;;15-;;;;;/m..0...../s1. The predicted molar refractivity (Wildman–Crippen MR) is 594 cm³/mol. The molecule has 808 valence electrons. The molecule has 7 aliphatic rings. The highest BCUT2D eigenvalue weighted by molar-refractivity contribution is 7.88. The highest BCUT2D eigenvalue weighted by Crippen LogP contribution is 2.39. The number of hydrogen-bond acceptors (Lipinski definition) is 16. The van der Waals surface area contributed by atoms with Crippen LogP contribution in [-0.4, -0.2) is 211 Å². The SMILES string of the molecule is CC(=O)N(C)CCN(C)c1cc(C(C)(C)C)ccn1.CC(=O)N1CC[C@@H](Cc2cccc(C(C)(C)C)c2)C1.CC(C)(C)C1=Cc2c(F)cccc2C1.CC(C)(C)c1cc(CC2CCN(S(C)(=O)=O)CC2)ncn1.CC(C)(C)c1cncc(CC2CCN(CC(F)(F)F)CC2)c1.CC(C)(C)c1cncc(CC2CCOCC2)c1.CC(C)(C)c1cncc(CC2COC2)c1.CN1CCC(CCc2cc(C(C)(C)C)ccn2)CC1. The molecule has 15 rings (SSSR count). The van der Waals surface area contributed by atoms with Gasteiger partial charge < -0.3 is 29.1 Å². The van der Waals surface area contributed by atoms with Gasteiger partial charge in [-0.3, -0.25) is 34.4 Å². The number of anilines is 1. The molecule has 0 spiro atoms. The summed E-state index contributed by atoms with van der Waals surface area (Å²) in [6.45, 7) is 67.3. The number of sulfonamides is 1. The summed E-state index contributed by atoms with van der Waals surface area (Å²) >= 11 is 0. The monoisotopic (exact) mass is 2040 g/mol. The van der Waals surface area contributed by atoms with E-state index in [1.54, 1.807) is 35.4 Å². The van der Waals surface area contributed by atoms with Crippen molar-refractivity contribution in [3.8, 4) is 0 Å². The van der Waals surface area contributed by atoms with E-state index in [4.69, 9.17) is 9.47 Å². The Bertz CT molecular complexity index is 5480. The Hall–Kier alpha value is -8.78. The molecule has 24 heteroatoms. The van der Waals surface area contributed by atoms with Crippen LogP contribution in [0.5, 0.6) is 0 Å². The third-order valence-electron chi connectivity index (χ3n) is 29.2. The summed E-state index contributed by atoms with van der Waals surface area (Å²) in [5.41, 5.74) is 21.0. The van der Waals surface area contributed by atoms with E-state index in [9.17, 15) is 35.6 Å². The third-order valence-corrected chi connectivity index (χ3v) is 30.5. The predicted octanol–water partition coefficient (Wildman–Crippen LogP) is 25.3. The fraction of sp³-hybridized carbons (Fsp3) is 0.631. The van der Waals surface area contributed by atoms with Crippen LogP contribution in [0, 0.1) is 46.7 Å². The number of allylic oxidation sites excluding steroid dienone is 1. The minimum Gasteiger partial charge on any atom is -0.381 e. The maximum absolute atomic E-state index is 13.4. The molecular formula is C122H185F4N13O6S. The fourth-order valence-corrected chi connectivity index (χ4v) is 19.6. The number of nitrogens with zero attached hydrogens (tertiary/aromatic N) is 13. The highest BCUT2D eigenvalue weighted by atomic mass is 32.2. The van der Waals surface area contributed by atoms with Gasteiger partial charge in [0.2, 0.25) is 21.8 Å². The second kappa shape index (κ2) is 54.8. The van der Waals surface area contributed by atoms with Gasteiger partial charge in [-0.25, -0.2) is 32.1 Å². The van der Waals surface area contributed by atoms with Gasteiger partial charge in [0.1, 0.15) is 18.0 Å². The summed E-state index contributed by atoms with van der Waals surface area (Å²) in [5.74, 6) is 5.13. The molecule has 19 nitrogen and oxygen atoms in total. The molecule has 8 aromatic rings. The Balaban J connectivity index is 0.000000204. The van der Waals surface area contributed by atoms with Gasteiger partial charge in [0.05, 0.1) is 26.0 Å². The average Bonchev–Trinajstić information content (AvgIpc) is 1.65. The number of ether oxygens (including phenoxy) is 2. The zero-order valence-corrected chi connectivity index (χ0v) is 96.0. The third kappa shape index (κ3) is 43.3. The first-order valence-electron chi connectivity index (χ1n) is 53.8. The van der Waals surface area contributed by atoms with Gasteiger partial charge in [-0.1, -0.05) is 232 Å². The summed E-state index contributed by atoms with van der Waals surface area (Å²) in [6.07, 6.45) is 34.6. The van der Waals surface area contributed by atoms with E-state index < -0.39 is 22.7 Å². The molecule has 6 saturated heterocycles. The van der Waals surface area contributed by atoms with Crippen molar-refractivity contribution in [3.63, 3.8) is 0 Å². The van der Waals surface area contributed by atoms with E-state index in [1.165, 1.54) is 129 Å². The van der Waals surface area contributed by atoms with Crippen molar-refractivity contribution < 1.29 is 45.0 Å². The fourth-order valence-electron chi connectivity index (χ4n) is 18.7. The Morgan fingerprint density at radius 3 is 1.39 bits per heavy atom. The first-order valence-corrected chi connectivity index (χ1v) is 55.7. The number of carbonyl (C=O) groups excluding carboxylic acids is 2. The molecule has 0 unspecified atom stereocenters. The van der Waals surface area contributed by atoms with Crippen molar-refractivity contribution in [3.05, 3.63) is 242 Å². The molecule has 6 aromatic heterocycles. The number of piperidine rings is 3. The molecule has 2 aromatic carbocycles. The van der Waals surface area contributed by atoms with Crippen LogP contribution in [0.25, 0.3) is 6.08 Å². The van der Waals surface area contributed by atoms with Crippen LogP contribution < -0.4 is 4.90 Å². The van der Waals surface area contributed by atoms with Crippen LogP contribution in [-0.2, 0) is 112 Å². The van der Waals surface area contributed by atoms with Gasteiger partial charge in [-0.15, -0.1) is 0 Å². The second-order valence-corrected chi connectivity index (χ2v) is 52.6. The zero-order chi connectivity index (χ0) is 108. The minimum atomic E-state index is -4.09. The highest BCUT2D eigenvalue weighted by Gasteiger charge is 2.35. The van der Waals surface area contributed by atoms with Gasteiger partial charge in [0.25, 0.3) is 0 Å². The molecule has 6 fully saturated rings. The lowest BCUT2D eigenvalue weighted by atomic mass is 9.85. The van der Waals surface area contributed by atoms with E-state index in [2.05, 4.69) is 291 Å². The van der Waals surface area contributed by atoms with Crippen LogP contribution in [0.15, 0.2) is 152 Å². The van der Waals surface area contributed by atoms with Gasteiger partial charge in [0, 0.05) is 164 Å².